The lowest BCUT2D eigenvalue weighted by molar-refractivity contribution is -0.115. The fraction of sp³-hybridized carbons (Fsp3) is 0.111. The molecule has 3 rings (SSSR count). The molecule has 1 amide bonds. The summed E-state index contributed by atoms with van der Waals surface area (Å²) >= 11 is 7.27. The van der Waals surface area contributed by atoms with Gasteiger partial charge in [0.15, 0.2) is 5.17 Å². The Bertz CT molecular complexity index is 880. The number of halogens is 1. The Morgan fingerprint density at radius 1 is 1.32 bits per heavy atom. The Morgan fingerprint density at radius 3 is 2.84 bits per heavy atom. The molecule has 1 aliphatic rings. The maximum atomic E-state index is 12.1. The van der Waals surface area contributed by atoms with E-state index in [0.717, 1.165) is 0 Å². The van der Waals surface area contributed by atoms with Crippen molar-refractivity contribution >= 4 is 46.2 Å². The molecule has 0 atom stereocenters. The van der Waals surface area contributed by atoms with Gasteiger partial charge in [-0.05, 0) is 49.0 Å². The molecule has 0 saturated carbocycles. The molecule has 2 N–H and O–H groups in total. The third kappa shape index (κ3) is 4.15. The number of aromatic hydroxyl groups is 1. The number of phenols is 1. The van der Waals surface area contributed by atoms with Crippen LogP contribution in [0.3, 0.4) is 0 Å². The SMILES string of the molecule is CCOc1ccc(/C=C2\SC(=Nc3ccccc3Cl)NC2=O)c(O)c1. The molecule has 0 unspecified atom stereocenters. The van der Waals surface area contributed by atoms with Gasteiger partial charge in [0.1, 0.15) is 11.5 Å². The normalized spacial score (nSPS) is 17.1. The third-order valence-corrected chi connectivity index (χ3v) is 4.55. The molecule has 1 fully saturated rings. The van der Waals surface area contributed by atoms with Crippen LogP contribution in [-0.4, -0.2) is 22.8 Å². The number of ether oxygens (including phenoxy) is 1. The second-order valence-electron chi connectivity index (χ2n) is 5.09. The van der Waals surface area contributed by atoms with Crippen molar-refractivity contribution in [2.45, 2.75) is 6.92 Å². The monoisotopic (exact) mass is 374 g/mol. The maximum absolute atomic E-state index is 12.1. The van der Waals surface area contributed by atoms with Gasteiger partial charge in [-0.3, -0.25) is 4.79 Å². The molecule has 25 heavy (non-hydrogen) atoms. The molecular weight excluding hydrogens is 360 g/mol. The lowest BCUT2D eigenvalue weighted by Crippen LogP contribution is -2.19. The van der Waals surface area contributed by atoms with Crippen LogP contribution in [0.4, 0.5) is 5.69 Å². The van der Waals surface area contributed by atoms with E-state index in [2.05, 4.69) is 10.3 Å². The number of amidine groups is 1. The minimum Gasteiger partial charge on any atom is -0.507 e. The van der Waals surface area contributed by atoms with Gasteiger partial charge >= 0.3 is 0 Å². The van der Waals surface area contributed by atoms with E-state index >= 15 is 0 Å². The lowest BCUT2D eigenvalue weighted by Gasteiger charge is -2.05. The van der Waals surface area contributed by atoms with E-state index in [1.54, 1.807) is 30.3 Å². The molecule has 0 aromatic heterocycles. The molecular formula is C18H15ClN2O3S. The van der Waals surface area contributed by atoms with Crippen LogP contribution < -0.4 is 10.1 Å². The highest BCUT2D eigenvalue weighted by atomic mass is 35.5. The fourth-order valence-corrected chi connectivity index (χ4v) is 3.18. The van der Waals surface area contributed by atoms with Crippen molar-refractivity contribution in [1.82, 2.24) is 5.32 Å². The Morgan fingerprint density at radius 2 is 2.12 bits per heavy atom. The summed E-state index contributed by atoms with van der Waals surface area (Å²) in [7, 11) is 0. The Balaban J connectivity index is 1.83. The fourth-order valence-electron chi connectivity index (χ4n) is 2.18. The van der Waals surface area contributed by atoms with E-state index in [1.165, 1.54) is 17.8 Å². The highest BCUT2D eigenvalue weighted by Crippen LogP contribution is 2.33. The molecule has 0 radical (unpaired) electrons. The highest BCUT2D eigenvalue weighted by molar-refractivity contribution is 8.18. The standard InChI is InChI=1S/C18H15ClN2O3S/c1-2-24-12-8-7-11(15(22)10-12)9-16-17(23)21-18(25-16)20-14-6-4-3-5-13(14)19/h3-10,22H,2H2,1H3,(H,20,21,23)/b16-9-. The van der Waals surface area contributed by atoms with Gasteiger partial charge in [0.2, 0.25) is 0 Å². The van der Waals surface area contributed by atoms with Crippen molar-refractivity contribution in [3.05, 3.63) is 58.0 Å². The van der Waals surface area contributed by atoms with Crippen LogP contribution in [0.2, 0.25) is 5.02 Å². The Labute approximate surface area is 154 Å². The summed E-state index contributed by atoms with van der Waals surface area (Å²) in [5, 5.41) is 13.7. The van der Waals surface area contributed by atoms with Crippen molar-refractivity contribution in [3.8, 4) is 11.5 Å². The van der Waals surface area contributed by atoms with E-state index in [-0.39, 0.29) is 11.7 Å². The van der Waals surface area contributed by atoms with Crippen molar-refractivity contribution in [2.24, 2.45) is 4.99 Å². The summed E-state index contributed by atoms with van der Waals surface area (Å²) in [6.45, 7) is 2.38. The Kier molecular flexibility index (Phi) is 5.31. The summed E-state index contributed by atoms with van der Waals surface area (Å²) in [5.41, 5.74) is 1.11. The number of carbonyl (C=O) groups excluding carboxylic acids is 1. The molecule has 0 spiro atoms. The minimum atomic E-state index is -0.274. The largest absolute Gasteiger partial charge is 0.507 e. The summed E-state index contributed by atoms with van der Waals surface area (Å²) in [5.74, 6) is 0.346. The predicted molar refractivity (Wildman–Crippen MR) is 102 cm³/mol. The third-order valence-electron chi connectivity index (χ3n) is 3.32. The number of carbonyl (C=O) groups is 1. The number of aliphatic imine (C=N–C) groups is 1. The number of para-hydroxylation sites is 1. The molecule has 1 aliphatic heterocycles. The first-order valence-electron chi connectivity index (χ1n) is 7.56. The second kappa shape index (κ2) is 7.63. The predicted octanol–water partition coefficient (Wildman–Crippen LogP) is 4.34. The number of amides is 1. The van der Waals surface area contributed by atoms with Crippen LogP contribution in [0.5, 0.6) is 11.5 Å². The first-order valence-corrected chi connectivity index (χ1v) is 8.76. The van der Waals surface area contributed by atoms with Gasteiger partial charge in [0, 0.05) is 11.6 Å². The van der Waals surface area contributed by atoms with Crippen LogP contribution in [-0.2, 0) is 4.79 Å². The lowest BCUT2D eigenvalue weighted by atomic mass is 10.1. The zero-order valence-electron chi connectivity index (χ0n) is 13.3. The van der Waals surface area contributed by atoms with Crippen LogP contribution in [0.1, 0.15) is 12.5 Å². The van der Waals surface area contributed by atoms with Gasteiger partial charge in [0.05, 0.1) is 22.2 Å². The van der Waals surface area contributed by atoms with E-state index < -0.39 is 0 Å². The number of nitrogens with one attached hydrogen (secondary N) is 1. The number of phenolic OH excluding ortho intramolecular Hbond substituents is 1. The molecule has 7 heteroatoms. The molecule has 2 aromatic rings. The summed E-state index contributed by atoms with van der Waals surface area (Å²) in [6, 6.07) is 12.1. The van der Waals surface area contributed by atoms with Gasteiger partial charge in [-0.25, -0.2) is 4.99 Å². The van der Waals surface area contributed by atoms with Gasteiger partial charge in [0.25, 0.3) is 5.91 Å². The first kappa shape index (κ1) is 17.4. The quantitative estimate of drug-likeness (QED) is 0.781. The average Bonchev–Trinajstić information content (AvgIpc) is 2.92. The van der Waals surface area contributed by atoms with E-state index in [9.17, 15) is 9.90 Å². The number of hydrogen-bond donors (Lipinski definition) is 2. The molecule has 128 valence electrons. The van der Waals surface area contributed by atoms with Gasteiger partial charge < -0.3 is 15.2 Å². The number of rotatable bonds is 4. The van der Waals surface area contributed by atoms with Crippen molar-refractivity contribution < 1.29 is 14.6 Å². The molecule has 5 nitrogen and oxygen atoms in total. The Hall–Kier alpha value is -2.44. The smallest absolute Gasteiger partial charge is 0.264 e. The number of nitrogens with zero attached hydrogens (tertiary/aromatic N) is 1. The zero-order valence-corrected chi connectivity index (χ0v) is 14.9. The highest BCUT2D eigenvalue weighted by Gasteiger charge is 2.24. The van der Waals surface area contributed by atoms with Crippen LogP contribution in [0, 0.1) is 0 Å². The first-order chi connectivity index (χ1) is 12.1. The van der Waals surface area contributed by atoms with E-state index in [4.69, 9.17) is 16.3 Å². The van der Waals surface area contributed by atoms with Crippen LogP contribution in [0.15, 0.2) is 52.4 Å². The minimum absolute atomic E-state index is 0.0448. The molecule has 0 aliphatic carbocycles. The van der Waals surface area contributed by atoms with Crippen LogP contribution in [0.25, 0.3) is 6.08 Å². The van der Waals surface area contributed by atoms with E-state index in [0.29, 0.717) is 38.7 Å². The molecule has 2 aromatic carbocycles. The summed E-state index contributed by atoms with van der Waals surface area (Å²) < 4.78 is 5.33. The van der Waals surface area contributed by atoms with E-state index in [1.807, 2.05) is 19.1 Å². The van der Waals surface area contributed by atoms with Gasteiger partial charge in [-0.2, -0.15) is 0 Å². The van der Waals surface area contributed by atoms with Crippen molar-refractivity contribution in [3.63, 3.8) is 0 Å². The average molecular weight is 375 g/mol. The zero-order chi connectivity index (χ0) is 17.8. The molecule has 0 bridgehead atoms. The number of hydrogen-bond acceptors (Lipinski definition) is 5. The number of thioether (sulfide) groups is 1. The second-order valence-corrected chi connectivity index (χ2v) is 6.52. The summed E-state index contributed by atoms with van der Waals surface area (Å²) in [6.07, 6.45) is 1.61. The van der Waals surface area contributed by atoms with Gasteiger partial charge in [-0.1, -0.05) is 23.7 Å². The molecule has 1 saturated heterocycles. The maximum Gasteiger partial charge on any atom is 0.264 e. The molecule has 1 heterocycles. The van der Waals surface area contributed by atoms with Crippen molar-refractivity contribution in [1.29, 1.82) is 0 Å². The number of benzene rings is 2. The topological polar surface area (TPSA) is 70.9 Å². The summed E-state index contributed by atoms with van der Waals surface area (Å²) in [4.78, 5) is 16.9. The van der Waals surface area contributed by atoms with Crippen LogP contribution >= 0.6 is 23.4 Å². The van der Waals surface area contributed by atoms with Crippen molar-refractivity contribution in [2.75, 3.05) is 6.61 Å². The van der Waals surface area contributed by atoms with Gasteiger partial charge in [-0.15, -0.1) is 0 Å².